The third-order valence-electron chi connectivity index (χ3n) is 12.1. The number of aromatic nitrogens is 6. The Morgan fingerprint density at radius 1 is 0.317 bits per heavy atom. The number of hydrogen-bond acceptors (Lipinski definition) is 5. The maximum absolute atomic E-state index is 5.14. The van der Waals surface area contributed by atoms with Gasteiger partial charge in [-0.3, -0.25) is 24.5 Å². The molecule has 0 bridgehead atoms. The van der Waals surface area contributed by atoms with Gasteiger partial charge in [0, 0.05) is 75.8 Å². The minimum absolute atomic E-state index is 0.885. The Morgan fingerprint density at radius 2 is 0.857 bits per heavy atom. The third-order valence-corrected chi connectivity index (χ3v) is 12.1. The van der Waals surface area contributed by atoms with Gasteiger partial charge in [0.05, 0.1) is 28.3 Å². The number of fused-ring (bicyclic) bond motifs is 5. The first-order chi connectivity index (χ1) is 31.3. The summed E-state index contributed by atoms with van der Waals surface area (Å²) in [6, 6.07) is 64.2. The van der Waals surface area contributed by atoms with E-state index in [1.54, 1.807) is 0 Å². The molecule has 0 radical (unpaired) electrons. The molecule has 0 N–H and O–H groups in total. The molecule has 0 aliphatic rings. The van der Waals surface area contributed by atoms with Crippen LogP contribution in [-0.2, 0) is 0 Å². The summed E-state index contributed by atoms with van der Waals surface area (Å²) in [6.07, 6.45) is 11.3. The zero-order chi connectivity index (χ0) is 41.7. The molecular formula is C57H36N6. The molecule has 63 heavy (non-hydrogen) atoms. The van der Waals surface area contributed by atoms with Crippen LogP contribution in [0.1, 0.15) is 0 Å². The van der Waals surface area contributed by atoms with Crippen LogP contribution < -0.4 is 0 Å². The molecule has 0 saturated heterocycles. The van der Waals surface area contributed by atoms with E-state index in [1.165, 1.54) is 27.3 Å². The van der Waals surface area contributed by atoms with Crippen molar-refractivity contribution in [1.29, 1.82) is 0 Å². The van der Waals surface area contributed by atoms with Crippen LogP contribution in [0, 0.1) is 0 Å². The number of rotatable bonds is 7. The molecule has 0 amide bonds. The fraction of sp³-hybridized carbons (Fsp3) is 0. The molecule has 0 aliphatic carbocycles. The van der Waals surface area contributed by atoms with Crippen LogP contribution >= 0.6 is 0 Å². The lowest BCUT2D eigenvalue weighted by Gasteiger charge is -2.19. The van der Waals surface area contributed by atoms with Crippen molar-refractivity contribution in [1.82, 2.24) is 29.5 Å². The van der Waals surface area contributed by atoms with E-state index in [0.717, 1.165) is 89.0 Å². The van der Waals surface area contributed by atoms with Crippen molar-refractivity contribution in [3.8, 4) is 72.8 Å². The average Bonchev–Trinajstić information content (AvgIpc) is 3.70. The summed E-state index contributed by atoms with van der Waals surface area (Å²) in [5, 5.41) is 6.97. The lowest BCUT2D eigenvalue weighted by molar-refractivity contribution is 1.12. The highest BCUT2D eigenvalue weighted by atomic mass is 15.0. The zero-order valence-corrected chi connectivity index (χ0v) is 34.0. The lowest BCUT2D eigenvalue weighted by atomic mass is 9.84. The van der Waals surface area contributed by atoms with Crippen LogP contribution in [0.25, 0.3) is 116 Å². The molecular weight excluding hydrogens is 769 g/mol. The molecule has 6 heterocycles. The van der Waals surface area contributed by atoms with E-state index < -0.39 is 0 Å². The van der Waals surface area contributed by atoms with E-state index in [4.69, 9.17) is 9.97 Å². The monoisotopic (exact) mass is 804 g/mol. The average molecular weight is 805 g/mol. The number of nitrogens with zero attached hydrogens (tertiary/aromatic N) is 6. The predicted octanol–water partition coefficient (Wildman–Crippen LogP) is 14.1. The van der Waals surface area contributed by atoms with E-state index in [0.29, 0.717) is 0 Å². The normalized spacial score (nSPS) is 11.5. The van der Waals surface area contributed by atoms with Crippen molar-refractivity contribution in [3.63, 3.8) is 0 Å². The molecule has 0 fully saturated rings. The van der Waals surface area contributed by atoms with Gasteiger partial charge in [0.1, 0.15) is 5.65 Å². The summed E-state index contributed by atoms with van der Waals surface area (Å²) in [7, 11) is 0. The van der Waals surface area contributed by atoms with Gasteiger partial charge in [-0.2, -0.15) is 0 Å². The Labute approximate surface area is 363 Å². The first kappa shape index (κ1) is 36.3. The Hall–Kier alpha value is -8.61. The summed E-state index contributed by atoms with van der Waals surface area (Å²) in [6.45, 7) is 0. The molecule has 0 aliphatic heterocycles. The summed E-state index contributed by atoms with van der Waals surface area (Å²) < 4.78 is 2.23. The molecule has 12 aromatic rings. The summed E-state index contributed by atoms with van der Waals surface area (Å²) in [5.41, 5.74) is 15.6. The van der Waals surface area contributed by atoms with Crippen LogP contribution in [-0.4, -0.2) is 29.5 Å². The van der Waals surface area contributed by atoms with Crippen LogP contribution in [0.15, 0.2) is 219 Å². The lowest BCUT2D eigenvalue weighted by Crippen LogP contribution is -1.99. The molecule has 6 aromatic carbocycles. The van der Waals surface area contributed by atoms with Crippen molar-refractivity contribution in [3.05, 3.63) is 219 Å². The van der Waals surface area contributed by atoms with Gasteiger partial charge in [-0.05, 0) is 104 Å². The van der Waals surface area contributed by atoms with Crippen LogP contribution in [0.3, 0.4) is 0 Å². The molecule has 0 spiro atoms. The standard InChI is InChI=1S/C57H36N6/c1-2-12-45-44(11-1)55(39-21-17-37(18-22-39)50-14-5-7-30-59-50)46-27-25-41(34-48(46)56(45)40-23-19-38(20-24-40)51-15-6-8-31-60-51)52-28-26-42(35-62-52)49-36-58-33-29-54(49)63-53-16-4-3-10-43(53)47-13-9-32-61-57(47)63/h1-36H. The van der Waals surface area contributed by atoms with E-state index in [9.17, 15) is 0 Å². The van der Waals surface area contributed by atoms with E-state index >= 15 is 0 Å². The second-order valence-corrected chi connectivity index (χ2v) is 15.7. The van der Waals surface area contributed by atoms with Crippen LogP contribution in [0.4, 0.5) is 0 Å². The second kappa shape index (κ2) is 15.1. The van der Waals surface area contributed by atoms with Gasteiger partial charge in [0.15, 0.2) is 0 Å². The van der Waals surface area contributed by atoms with Crippen molar-refractivity contribution in [2.24, 2.45) is 0 Å². The Morgan fingerprint density at radius 3 is 1.51 bits per heavy atom. The first-order valence-electron chi connectivity index (χ1n) is 21.0. The van der Waals surface area contributed by atoms with Crippen molar-refractivity contribution in [2.75, 3.05) is 0 Å². The van der Waals surface area contributed by atoms with Gasteiger partial charge in [-0.15, -0.1) is 0 Å². The first-order valence-corrected chi connectivity index (χ1v) is 21.0. The SMILES string of the molecule is c1ccc(-c2ccc(-c3c4ccccc4c(-c4ccc(-c5ccccn5)cc4)c4cc(-c5ccc(-c6cnccc6-n6c7ccccc7c7cccnc76)cn5)ccc34)cc2)nc1. The van der Waals surface area contributed by atoms with Crippen molar-refractivity contribution >= 4 is 43.5 Å². The van der Waals surface area contributed by atoms with Crippen molar-refractivity contribution in [2.45, 2.75) is 0 Å². The zero-order valence-electron chi connectivity index (χ0n) is 34.0. The molecule has 294 valence electrons. The van der Waals surface area contributed by atoms with Crippen molar-refractivity contribution < 1.29 is 0 Å². The molecule has 0 atom stereocenters. The van der Waals surface area contributed by atoms with E-state index in [1.807, 2.05) is 67.5 Å². The van der Waals surface area contributed by atoms with Gasteiger partial charge in [-0.1, -0.05) is 121 Å². The number of hydrogen-bond donors (Lipinski definition) is 0. The summed E-state index contributed by atoms with van der Waals surface area (Å²) in [5.74, 6) is 0. The maximum Gasteiger partial charge on any atom is 0.145 e. The van der Waals surface area contributed by atoms with E-state index in [-0.39, 0.29) is 0 Å². The fourth-order valence-electron chi connectivity index (χ4n) is 9.21. The Bertz CT molecular complexity index is 3580. The highest BCUT2D eigenvalue weighted by molar-refractivity contribution is 6.22. The minimum atomic E-state index is 0.885. The molecule has 0 unspecified atom stereocenters. The van der Waals surface area contributed by atoms with Crippen LogP contribution in [0.5, 0.6) is 0 Å². The largest absolute Gasteiger partial charge is 0.293 e. The molecule has 0 saturated carbocycles. The molecule has 6 nitrogen and oxygen atoms in total. The Balaban J connectivity index is 1.01. The smallest absolute Gasteiger partial charge is 0.145 e. The van der Waals surface area contributed by atoms with Gasteiger partial charge >= 0.3 is 0 Å². The quantitative estimate of drug-likeness (QED) is 0.150. The topological polar surface area (TPSA) is 69.4 Å². The summed E-state index contributed by atoms with van der Waals surface area (Å²) in [4.78, 5) is 23.8. The number of para-hydroxylation sites is 1. The highest BCUT2D eigenvalue weighted by Crippen LogP contribution is 2.45. The fourth-order valence-corrected chi connectivity index (χ4v) is 9.21. The second-order valence-electron chi connectivity index (χ2n) is 15.7. The van der Waals surface area contributed by atoms with E-state index in [2.05, 4.69) is 171 Å². The highest BCUT2D eigenvalue weighted by Gasteiger charge is 2.20. The Kier molecular flexibility index (Phi) is 8.71. The maximum atomic E-state index is 5.14. The third kappa shape index (κ3) is 6.23. The van der Waals surface area contributed by atoms with Gasteiger partial charge in [0.2, 0.25) is 0 Å². The summed E-state index contributed by atoms with van der Waals surface area (Å²) >= 11 is 0. The number of benzene rings is 6. The molecule has 6 heteroatoms. The minimum Gasteiger partial charge on any atom is -0.293 e. The predicted molar refractivity (Wildman–Crippen MR) is 257 cm³/mol. The van der Waals surface area contributed by atoms with Gasteiger partial charge in [0.25, 0.3) is 0 Å². The molecule has 6 aromatic heterocycles. The molecule has 12 rings (SSSR count). The van der Waals surface area contributed by atoms with Crippen LogP contribution in [0.2, 0.25) is 0 Å². The van der Waals surface area contributed by atoms with Gasteiger partial charge < -0.3 is 0 Å². The number of pyridine rings is 5. The van der Waals surface area contributed by atoms with Gasteiger partial charge in [-0.25, -0.2) is 4.98 Å².